The van der Waals surface area contributed by atoms with Gasteiger partial charge in [-0.25, -0.2) is 0 Å². The fraction of sp³-hybridized carbons (Fsp3) is 0.429. The highest BCUT2D eigenvalue weighted by atomic mass is 16.7. The molecule has 1 aliphatic heterocycles. The van der Waals surface area contributed by atoms with E-state index >= 15 is 0 Å². The average molecular weight is 390 g/mol. The van der Waals surface area contributed by atoms with Gasteiger partial charge in [0.2, 0.25) is 0 Å². The summed E-state index contributed by atoms with van der Waals surface area (Å²) in [6.45, 7) is 3.13. The smallest absolute Gasteiger partial charge is 0.190 e. The molecule has 0 fully saturated rings. The molecule has 7 heteroatoms. The lowest BCUT2D eigenvalue weighted by Gasteiger charge is -2.30. The summed E-state index contributed by atoms with van der Waals surface area (Å²) in [5, 5.41) is 38.7. The zero-order valence-electron chi connectivity index (χ0n) is 15.9. The zero-order chi connectivity index (χ0) is 20.3. The summed E-state index contributed by atoms with van der Waals surface area (Å²) in [6, 6.07) is 13.1. The fourth-order valence-electron chi connectivity index (χ4n) is 3.17. The molecule has 152 valence electrons. The number of aliphatic hydroxyl groups is 4. The zero-order valence-corrected chi connectivity index (χ0v) is 15.9. The number of fused-ring (bicyclic) bond motifs is 1. The number of aliphatic hydroxyl groups excluding tert-OH is 3. The largest absolute Gasteiger partial charge is 0.467 e. The van der Waals surface area contributed by atoms with Gasteiger partial charge in [-0.3, -0.25) is 0 Å². The molecule has 0 saturated carbocycles. The molecule has 0 spiro atoms. The molecule has 7 nitrogen and oxygen atoms in total. The first-order valence-electron chi connectivity index (χ1n) is 9.16. The molecular formula is C21H26O7. The van der Waals surface area contributed by atoms with Gasteiger partial charge < -0.3 is 34.6 Å². The Balaban J connectivity index is 1.95. The second-order valence-corrected chi connectivity index (χ2v) is 6.95. The molecule has 0 bridgehead atoms. The van der Waals surface area contributed by atoms with Crippen molar-refractivity contribution in [2.75, 3.05) is 13.4 Å². The molecule has 4 N–H and O–H groups in total. The topological polar surface area (TPSA) is 109 Å². The first-order valence-corrected chi connectivity index (χ1v) is 9.16. The van der Waals surface area contributed by atoms with Gasteiger partial charge in [0.05, 0.1) is 12.7 Å². The van der Waals surface area contributed by atoms with Crippen LogP contribution in [-0.4, -0.2) is 52.3 Å². The van der Waals surface area contributed by atoms with E-state index in [1.165, 1.54) is 6.92 Å². The summed E-state index contributed by atoms with van der Waals surface area (Å²) in [4.78, 5) is 0. The normalized spacial score (nSPS) is 19.6. The number of rotatable bonds is 7. The highest BCUT2D eigenvalue weighted by Gasteiger charge is 2.30. The van der Waals surface area contributed by atoms with Crippen LogP contribution in [0.25, 0.3) is 0 Å². The molecule has 2 aromatic rings. The lowest BCUT2D eigenvalue weighted by atomic mass is 9.95. The van der Waals surface area contributed by atoms with E-state index in [4.69, 9.17) is 14.2 Å². The lowest BCUT2D eigenvalue weighted by molar-refractivity contribution is -0.188. The first-order chi connectivity index (χ1) is 13.4. The van der Waals surface area contributed by atoms with Gasteiger partial charge in [0.25, 0.3) is 0 Å². The van der Waals surface area contributed by atoms with E-state index in [0.29, 0.717) is 11.3 Å². The number of hydrogen-bond acceptors (Lipinski definition) is 7. The maximum Gasteiger partial charge on any atom is 0.190 e. The van der Waals surface area contributed by atoms with Gasteiger partial charge in [-0.2, -0.15) is 0 Å². The SMILES string of the molecule is Cc1ccc(C2OCOc3ccc(C(OC(CO)C(C)O)C(O)O)cc32)cc1. The van der Waals surface area contributed by atoms with Crippen molar-refractivity contribution < 1.29 is 34.6 Å². The fourth-order valence-corrected chi connectivity index (χ4v) is 3.17. The van der Waals surface area contributed by atoms with Gasteiger partial charge in [0.15, 0.2) is 13.1 Å². The molecule has 0 saturated heterocycles. The van der Waals surface area contributed by atoms with Crippen molar-refractivity contribution in [1.29, 1.82) is 0 Å². The van der Waals surface area contributed by atoms with Crippen LogP contribution in [0.4, 0.5) is 0 Å². The summed E-state index contributed by atoms with van der Waals surface area (Å²) in [7, 11) is 0. The minimum Gasteiger partial charge on any atom is -0.467 e. The second kappa shape index (κ2) is 9.00. The van der Waals surface area contributed by atoms with Gasteiger partial charge in [-0.1, -0.05) is 35.9 Å². The van der Waals surface area contributed by atoms with Crippen molar-refractivity contribution in [3.63, 3.8) is 0 Å². The van der Waals surface area contributed by atoms with Crippen molar-refractivity contribution >= 4 is 0 Å². The van der Waals surface area contributed by atoms with Crippen molar-refractivity contribution in [3.8, 4) is 5.75 Å². The van der Waals surface area contributed by atoms with Crippen LogP contribution in [-0.2, 0) is 9.47 Å². The quantitative estimate of drug-likeness (QED) is 0.531. The number of aryl methyl sites for hydroxylation is 1. The molecule has 1 aliphatic rings. The van der Waals surface area contributed by atoms with E-state index in [1.807, 2.05) is 31.2 Å². The summed E-state index contributed by atoms with van der Waals surface area (Å²) >= 11 is 0. The van der Waals surface area contributed by atoms with Crippen LogP contribution in [0.3, 0.4) is 0 Å². The minimum absolute atomic E-state index is 0.113. The summed E-state index contributed by atoms with van der Waals surface area (Å²) in [5.74, 6) is 0.640. The molecular weight excluding hydrogens is 364 g/mol. The molecule has 28 heavy (non-hydrogen) atoms. The van der Waals surface area contributed by atoms with E-state index in [-0.39, 0.29) is 12.9 Å². The molecule has 4 unspecified atom stereocenters. The van der Waals surface area contributed by atoms with Crippen LogP contribution >= 0.6 is 0 Å². The van der Waals surface area contributed by atoms with Crippen molar-refractivity contribution in [2.24, 2.45) is 0 Å². The van der Waals surface area contributed by atoms with E-state index in [9.17, 15) is 20.4 Å². The van der Waals surface area contributed by atoms with Gasteiger partial charge >= 0.3 is 0 Å². The van der Waals surface area contributed by atoms with Crippen LogP contribution in [0.2, 0.25) is 0 Å². The summed E-state index contributed by atoms with van der Waals surface area (Å²) in [5.41, 5.74) is 3.29. The molecule has 0 radical (unpaired) electrons. The van der Waals surface area contributed by atoms with Crippen molar-refractivity contribution in [3.05, 3.63) is 64.7 Å². The molecule has 0 amide bonds. The Morgan fingerprint density at radius 1 is 1.11 bits per heavy atom. The maximum absolute atomic E-state index is 9.81. The molecule has 2 aromatic carbocycles. The Hall–Kier alpha value is -2.00. The van der Waals surface area contributed by atoms with Gasteiger partial charge in [0.1, 0.15) is 24.1 Å². The van der Waals surface area contributed by atoms with Crippen LogP contribution in [0.1, 0.15) is 41.4 Å². The predicted molar refractivity (Wildman–Crippen MR) is 101 cm³/mol. The highest BCUT2D eigenvalue weighted by Crippen LogP contribution is 2.39. The molecule has 0 aliphatic carbocycles. The van der Waals surface area contributed by atoms with Crippen LogP contribution in [0.15, 0.2) is 42.5 Å². The number of hydrogen-bond donors (Lipinski definition) is 4. The van der Waals surface area contributed by atoms with Gasteiger partial charge in [-0.15, -0.1) is 0 Å². The van der Waals surface area contributed by atoms with E-state index in [0.717, 1.165) is 16.7 Å². The molecule has 1 heterocycles. The van der Waals surface area contributed by atoms with Crippen LogP contribution < -0.4 is 4.74 Å². The third-order valence-electron chi connectivity index (χ3n) is 4.78. The Bertz CT molecular complexity index is 773. The van der Waals surface area contributed by atoms with Gasteiger partial charge in [-0.05, 0) is 37.1 Å². The minimum atomic E-state index is -1.84. The summed E-state index contributed by atoms with van der Waals surface area (Å²) in [6.07, 6.45) is -5.29. The third-order valence-corrected chi connectivity index (χ3v) is 4.78. The maximum atomic E-state index is 9.81. The van der Waals surface area contributed by atoms with Crippen LogP contribution in [0.5, 0.6) is 5.75 Å². The monoisotopic (exact) mass is 390 g/mol. The Morgan fingerprint density at radius 2 is 1.82 bits per heavy atom. The molecule has 3 rings (SSSR count). The Labute approximate surface area is 163 Å². The highest BCUT2D eigenvalue weighted by molar-refractivity contribution is 5.45. The molecule has 0 aromatic heterocycles. The second-order valence-electron chi connectivity index (χ2n) is 6.95. The number of ether oxygens (including phenoxy) is 3. The van der Waals surface area contributed by atoms with E-state index in [2.05, 4.69) is 0 Å². The molecule has 4 atom stereocenters. The van der Waals surface area contributed by atoms with Crippen molar-refractivity contribution in [2.45, 2.75) is 44.6 Å². The number of benzene rings is 2. The lowest BCUT2D eigenvalue weighted by Crippen LogP contribution is -2.35. The van der Waals surface area contributed by atoms with E-state index < -0.39 is 31.2 Å². The van der Waals surface area contributed by atoms with Crippen molar-refractivity contribution in [1.82, 2.24) is 0 Å². The Morgan fingerprint density at radius 3 is 2.43 bits per heavy atom. The average Bonchev–Trinajstić information content (AvgIpc) is 2.68. The first kappa shape index (κ1) is 20.7. The van der Waals surface area contributed by atoms with Crippen LogP contribution in [0, 0.1) is 6.92 Å². The van der Waals surface area contributed by atoms with E-state index in [1.54, 1.807) is 18.2 Å². The standard InChI is InChI=1S/C21H26O7/c1-12-3-5-14(6-4-12)19-16-9-15(7-8-17(16)26-11-27-19)20(21(24)25)28-18(10-22)13(2)23/h3-9,13,18-25H,10-11H2,1-2H3. The Kier molecular flexibility index (Phi) is 6.66. The third kappa shape index (κ3) is 4.52. The predicted octanol–water partition coefficient (Wildman–Crippen LogP) is 1.56. The summed E-state index contributed by atoms with van der Waals surface area (Å²) < 4.78 is 16.9. The van der Waals surface area contributed by atoms with Gasteiger partial charge in [0, 0.05) is 5.56 Å².